The summed E-state index contributed by atoms with van der Waals surface area (Å²) >= 11 is 0. The number of aliphatic imine (C=N–C) groups is 1. The second-order valence-electron chi connectivity index (χ2n) is 4.80. The Morgan fingerprint density at radius 1 is 1.14 bits per heavy atom. The van der Waals surface area contributed by atoms with Crippen LogP contribution in [0.1, 0.15) is 15.9 Å². The molecule has 0 fully saturated rings. The van der Waals surface area contributed by atoms with Gasteiger partial charge in [-0.1, -0.05) is 30.3 Å². The van der Waals surface area contributed by atoms with Crippen molar-refractivity contribution in [3.8, 4) is 0 Å². The van der Waals surface area contributed by atoms with Crippen LogP contribution in [0.3, 0.4) is 0 Å². The molecular formula is C16H12N2O4. The van der Waals surface area contributed by atoms with E-state index in [4.69, 9.17) is 4.74 Å². The molecule has 6 heteroatoms. The van der Waals surface area contributed by atoms with Crippen molar-refractivity contribution in [2.45, 2.75) is 6.04 Å². The number of rotatable bonds is 5. The lowest BCUT2D eigenvalue weighted by Gasteiger charge is -2.03. The van der Waals surface area contributed by atoms with Gasteiger partial charge in [-0.2, -0.15) is 0 Å². The molecule has 0 spiro atoms. The predicted octanol–water partition coefficient (Wildman–Crippen LogP) is 2.62. The Morgan fingerprint density at radius 2 is 1.82 bits per heavy atom. The van der Waals surface area contributed by atoms with E-state index in [-0.39, 0.29) is 23.9 Å². The number of nitro groups is 1. The van der Waals surface area contributed by atoms with Gasteiger partial charge in [-0.25, -0.2) is 4.79 Å². The second-order valence-corrected chi connectivity index (χ2v) is 4.80. The maximum atomic E-state index is 11.9. The van der Waals surface area contributed by atoms with Gasteiger partial charge in [0, 0.05) is 12.1 Å². The number of hydrogen-bond acceptors (Lipinski definition) is 5. The highest BCUT2D eigenvalue weighted by Crippen LogP contribution is 2.20. The first kappa shape index (κ1) is 13.9. The molecule has 0 aromatic heterocycles. The van der Waals surface area contributed by atoms with Crippen molar-refractivity contribution < 1.29 is 14.5 Å². The SMILES string of the molecule is O=C(OCC1N=C1c1ccccc1)c1ccc([N+](=O)[O-])cc1. The first-order valence-electron chi connectivity index (χ1n) is 6.70. The maximum Gasteiger partial charge on any atom is 0.338 e. The molecule has 1 atom stereocenters. The van der Waals surface area contributed by atoms with E-state index in [1.54, 1.807) is 0 Å². The minimum absolute atomic E-state index is 0.0616. The average molecular weight is 296 g/mol. The molecule has 0 N–H and O–H groups in total. The van der Waals surface area contributed by atoms with Crippen molar-refractivity contribution in [1.82, 2.24) is 0 Å². The lowest BCUT2D eigenvalue weighted by atomic mass is 10.1. The van der Waals surface area contributed by atoms with E-state index < -0.39 is 10.9 Å². The zero-order chi connectivity index (χ0) is 15.5. The molecule has 0 saturated heterocycles. The summed E-state index contributed by atoms with van der Waals surface area (Å²) in [6.07, 6.45) is 0. The van der Waals surface area contributed by atoms with Crippen LogP contribution in [-0.4, -0.2) is 29.3 Å². The quantitative estimate of drug-likeness (QED) is 0.482. The fourth-order valence-electron chi connectivity index (χ4n) is 2.08. The topological polar surface area (TPSA) is 81.8 Å². The highest BCUT2D eigenvalue weighted by atomic mass is 16.6. The molecule has 0 aliphatic carbocycles. The Balaban J connectivity index is 1.53. The lowest BCUT2D eigenvalue weighted by molar-refractivity contribution is -0.384. The molecule has 110 valence electrons. The molecule has 1 unspecified atom stereocenters. The van der Waals surface area contributed by atoms with Crippen LogP contribution in [0.5, 0.6) is 0 Å². The minimum atomic E-state index is -0.515. The number of nitrogens with zero attached hydrogens (tertiary/aromatic N) is 2. The van der Waals surface area contributed by atoms with Crippen LogP contribution < -0.4 is 0 Å². The van der Waals surface area contributed by atoms with Crippen LogP contribution >= 0.6 is 0 Å². The fourth-order valence-corrected chi connectivity index (χ4v) is 2.08. The number of carbonyl (C=O) groups is 1. The number of hydrogen-bond donors (Lipinski definition) is 0. The van der Waals surface area contributed by atoms with E-state index in [1.807, 2.05) is 30.3 Å². The van der Waals surface area contributed by atoms with Crippen LogP contribution in [0.4, 0.5) is 5.69 Å². The number of carbonyl (C=O) groups excluding carboxylic acids is 1. The van der Waals surface area contributed by atoms with Gasteiger partial charge in [0.25, 0.3) is 5.69 Å². The third-order valence-electron chi connectivity index (χ3n) is 3.30. The van der Waals surface area contributed by atoms with Crippen molar-refractivity contribution in [3.05, 3.63) is 75.8 Å². The summed E-state index contributed by atoms with van der Waals surface area (Å²) < 4.78 is 5.18. The fraction of sp³-hybridized carbons (Fsp3) is 0.125. The predicted molar refractivity (Wildman–Crippen MR) is 80.1 cm³/mol. The molecule has 1 aliphatic heterocycles. The smallest absolute Gasteiger partial charge is 0.338 e. The molecule has 6 nitrogen and oxygen atoms in total. The molecule has 1 aliphatic rings. The summed E-state index contributed by atoms with van der Waals surface area (Å²) in [5, 5.41) is 10.6. The van der Waals surface area contributed by atoms with Crippen LogP contribution in [0.15, 0.2) is 59.6 Å². The van der Waals surface area contributed by atoms with Crippen LogP contribution in [0.2, 0.25) is 0 Å². The standard InChI is InChI=1S/C16H12N2O4/c19-16(12-6-8-13(9-7-12)18(20)21)22-10-14-15(17-14)11-4-2-1-3-5-11/h1-9,14H,10H2. The number of esters is 1. The van der Waals surface area contributed by atoms with E-state index in [1.165, 1.54) is 24.3 Å². The largest absolute Gasteiger partial charge is 0.459 e. The Labute approximate surface area is 126 Å². The maximum absolute atomic E-state index is 11.9. The van der Waals surface area contributed by atoms with Gasteiger partial charge in [-0.3, -0.25) is 15.1 Å². The highest BCUT2D eigenvalue weighted by molar-refractivity contribution is 6.13. The molecule has 0 radical (unpaired) electrons. The van der Waals surface area contributed by atoms with E-state index in [0.717, 1.165) is 11.3 Å². The Morgan fingerprint density at radius 3 is 2.45 bits per heavy atom. The molecule has 1 heterocycles. The number of ether oxygens (including phenoxy) is 1. The van der Waals surface area contributed by atoms with Crippen molar-refractivity contribution in [2.75, 3.05) is 6.61 Å². The Kier molecular flexibility index (Phi) is 3.65. The van der Waals surface area contributed by atoms with E-state index in [0.29, 0.717) is 0 Å². The third-order valence-corrected chi connectivity index (χ3v) is 3.30. The van der Waals surface area contributed by atoms with E-state index in [9.17, 15) is 14.9 Å². The highest BCUT2D eigenvalue weighted by Gasteiger charge is 2.30. The van der Waals surface area contributed by atoms with Crippen LogP contribution in [0, 0.1) is 10.1 Å². The molecule has 0 amide bonds. The zero-order valence-corrected chi connectivity index (χ0v) is 11.5. The van der Waals surface area contributed by atoms with Gasteiger partial charge in [0.1, 0.15) is 12.6 Å². The molecule has 22 heavy (non-hydrogen) atoms. The van der Waals surface area contributed by atoms with Gasteiger partial charge < -0.3 is 4.74 Å². The summed E-state index contributed by atoms with van der Waals surface area (Å²) in [7, 11) is 0. The Bertz CT molecular complexity index is 739. The monoisotopic (exact) mass is 296 g/mol. The van der Waals surface area contributed by atoms with Gasteiger partial charge in [0.2, 0.25) is 0 Å². The first-order chi connectivity index (χ1) is 10.6. The second kappa shape index (κ2) is 5.77. The number of non-ortho nitro benzene ring substituents is 1. The van der Waals surface area contributed by atoms with Crippen molar-refractivity contribution in [2.24, 2.45) is 4.99 Å². The van der Waals surface area contributed by atoms with Gasteiger partial charge in [-0.15, -0.1) is 0 Å². The number of benzene rings is 2. The van der Waals surface area contributed by atoms with Crippen LogP contribution in [0.25, 0.3) is 0 Å². The van der Waals surface area contributed by atoms with Gasteiger partial charge in [0.05, 0.1) is 16.2 Å². The van der Waals surface area contributed by atoms with Gasteiger partial charge >= 0.3 is 5.97 Å². The van der Waals surface area contributed by atoms with E-state index >= 15 is 0 Å². The van der Waals surface area contributed by atoms with Gasteiger partial charge in [-0.05, 0) is 17.7 Å². The minimum Gasteiger partial charge on any atom is -0.459 e. The summed E-state index contributed by atoms with van der Waals surface area (Å²) in [6, 6.07) is 14.9. The van der Waals surface area contributed by atoms with Crippen molar-refractivity contribution in [1.29, 1.82) is 0 Å². The summed E-state index contributed by atoms with van der Waals surface area (Å²) in [5.41, 5.74) is 2.18. The van der Waals surface area contributed by atoms with Crippen LogP contribution in [-0.2, 0) is 4.74 Å². The van der Waals surface area contributed by atoms with Crippen molar-refractivity contribution >= 4 is 17.4 Å². The zero-order valence-electron chi connectivity index (χ0n) is 11.5. The summed E-state index contributed by atoms with van der Waals surface area (Å²) in [6.45, 7) is 0.181. The normalized spacial score (nSPS) is 15.8. The summed E-state index contributed by atoms with van der Waals surface area (Å²) in [5.74, 6) is -0.510. The van der Waals surface area contributed by atoms with E-state index in [2.05, 4.69) is 4.99 Å². The Hall–Kier alpha value is -3.02. The molecule has 2 aromatic rings. The number of nitro benzene ring substituents is 1. The lowest BCUT2D eigenvalue weighted by Crippen LogP contribution is -2.13. The molecule has 0 bridgehead atoms. The third kappa shape index (κ3) is 3.01. The molecule has 3 rings (SSSR count). The average Bonchev–Trinajstić information content (AvgIpc) is 3.33. The molecular weight excluding hydrogens is 284 g/mol. The van der Waals surface area contributed by atoms with Crippen molar-refractivity contribution in [3.63, 3.8) is 0 Å². The van der Waals surface area contributed by atoms with Gasteiger partial charge in [0.15, 0.2) is 0 Å². The first-order valence-corrected chi connectivity index (χ1v) is 6.70. The molecule has 2 aromatic carbocycles. The molecule has 0 saturated carbocycles. The summed E-state index contributed by atoms with van der Waals surface area (Å²) in [4.78, 5) is 26.2.